The Labute approximate surface area is 171 Å². The number of imidazole rings is 1. The molecular weight excluding hydrogens is 398 g/mol. The second-order valence-electron chi connectivity index (χ2n) is 6.69. The van der Waals surface area contributed by atoms with E-state index in [1.54, 1.807) is 30.0 Å². The van der Waals surface area contributed by atoms with E-state index in [9.17, 15) is 9.59 Å². The van der Waals surface area contributed by atoms with Crippen LogP contribution in [0, 0.1) is 0 Å². The molecule has 2 aromatic heterocycles. The topological polar surface area (TPSA) is 73.2 Å². The number of aromatic nitrogens is 2. The number of fused-ring (bicyclic) bond motifs is 2. The highest BCUT2D eigenvalue weighted by molar-refractivity contribution is 7.17. The van der Waals surface area contributed by atoms with Gasteiger partial charge in [0.2, 0.25) is 5.91 Å². The van der Waals surface area contributed by atoms with Crippen molar-refractivity contribution in [2.24, 2.45) is 0 Å². The quantitative estimate of drug-likeness (QED) is 0.622. The molecule has 1 N–H and O–H groups in total. The van der Waals surface area contributed by atoms with Crippen molar-refractivity contribution in [2.45, 2.75) is 39.2 Å². The summed E-state index contributed by atoms with van der Waals surface area (Å²) in [6.07, 6.45) is 5.56. The maximum absolute atomic E-state index is 12.7. The summed E-state index contributed by atoms with van der Waals surface area (Å²) in [5.41, 5.74) is 3.12. The molecule has 0 fully saturated rings. The van der Waals surface area contributed by atoms with Crippen LogP contribution in [0.5, 0.6) is 0 Å². The number of nitrogens with zero attached hydrogens (tertiary/aromatic N) is 2. The highest BCUT2D eigenvalue weighted by atomic mass is 35.5. The molecule has 0 spiro atoms. The fraction of sp³-hybridized carbons (Fsp3) is 0.350. The minimum atomic E-state index is -0.361. The molecule has 1 aliphatic carbocycles. The molecule has 0 atom stereocenters. The van der Waals surface area contributed by atoms with E-state index >= 15 is 0 Å². The number of benzene rings is 1. The molecule has 0 aliphatic heterocycles. The van der Waals surface area contributed by atoms with Gasteiger partial charge in [0.25, 0.3) is 0 Å². The number of rotatable bonds is 5. The summed E-state index contributed by atoms with van der Waals surface area (Å²) < 4.78 is 7.00. The van der Waals surface area contributed by atoms with Gasteiger partial charge in [0.15, 0.2) is 0 Å². The van der Waals surface area contributed by atoms with E-state index < -0.39 is 0 Å². The standard InChI is InChI=1S/C20H20ClN3O3S/c1-2-27-20(26)18-13-5-3-4-6-16(13)28-19(18)23-17(25)10-24-11-22-14-9-12(21)7-8-15(14)24/h7-9,11H,2-6,10H2,1H3,(H,23,25). The number of carbonyl (C=O) groups is 2. The molecule has 0 unspecified atom stereocenters. The van der Waals surface area contributed by atoms with Crippen molar-refractivity contribution in [2.75, 3.05) is 11.9 Å². The average molecular weight is 418 g/mol. The Kier molecular flexibility index (Phi) is 5.37. The van der Waals surface area contributed by atoms with Gasteiger partial charge in [-0.1, -0.05) is 11.6 Å². The third-order valence-electron chi connectivity index (χ3n) is 4.80. The van der Waals surface area contributed by atoms with E-state index in [1.165, 1.54) is 16.2 Å². The molecule has 1 aromatic carbocycles. The Morgan fingerprint density at radius 2 is 2.14 bits per heavy atom. The van der Waals surface area contributed by atoms with Crippen LogP contribution in [-0.2, 0) is 28.9 Å². The smallest absolute Gasteiger partial charge is 0.341 e. The lowest BCUT2D eigenvalue weighted by Crippen LogP contribution is -2.19. The van der Waals surface area contributed by atoms with Crippen LogP contribution >= 0.6 is 22.9 Å². The van der Waals surface area contributed by atoms with Crippen LogP contribution in [0.25, 0.3) is 11.0 Å². The number of halogens is 1. The summed E-state index contributed by atoms with van der Waals surface area (Å²) in [6, 6.07) is 5.37. The molecule has 146 valence electrons. The molecule has 6 nitrogen and oxygen atoms in total. The lowest BCUT2D eigenvalue weighted by Gasteiger charge is -2.12. The number of ether oxygens (including phenoxy) is 1. The van der Waals surface area contributed by atoms with E-state index in [1.807, 2.05) is 6.07 Å². The van der Waals surface area contributed by atoms with Crippen LogP contribution in [0.1, 0.15) is 40.6 Å². The summed E-state index contributed by atoms with van der Waals surface area (Å²) in [6.45, 7) is 2.19. The molecule has 0 saturated carbocycles. The number of esters is 1. The van der Waals surface area contributed by atoms with Gasteiger partial charge in [-0.05, 0) is 56.4 Å². The molecule has 0 saturated heterocycles. The zero-order chi connectivity index (χ0) is 19.7. The monoisotopic (exact) mass is 417 g/mol. The minimum Gasteiger partial charge on any atom is -0.462 e. The number of hydrogen-bond donors (Lipinski definition) is 1. The van der Waals surface area contributed by atoms with Gasteiger partial charge < -0.3 is 14.6 Å². The van der Waals surface area contributed by atoms with E-state index in [0.717, 1.165) is 42.3 Å². The molecule has 28 heavy (non-hydrogen) atoms. The van der Waals surface area contributed by atoms with Crippen LogP contribution in [0.3, 0.4) is 0 Å². The first-order valence-corrected chi connectivity index (χ1v) is 10.5. The highest BCUT2D eigenvalue weighted by Crippen LogP contribution is 2.38. The first kappa shape index (κ1) is 19.0. The van der Waals surface area contributed by atoms with Gasteiger partial charge in [0.05, 0.1) is 29.5 Å². The number of aryl methyl sites for hydroxylation is 1. The first-order chi connectivity index (χ1) is 13.6. The SMILES string of the molecule is CCOC(=O)c1c(NC(=O)Cn2cnc3cc(Cl)ccc32)sc2c1CCCC2. The van der Waals surface area contributed by atoms with E-state index in [4.69, 9.17) is 16.3 Å². The summed E-state index contributed by atoms with van der Waals surface area (Å²) in [5.74, 6) is -0.571. The largest absolute Gasteiger partial charge is 0.462 e. The average Bonchev–Trinajstić information content (AvgIpc) is 3.22. The Hall–Kier alpha value is -2.38. The summed E-state index contributed by atoms with van der Waals surface area (Å²) >= 11 is 7.48. The normalized spacial score (nSPS) is 13.4. The van der Waals surface area contributed by atoms with Crippen LogP contribution in [0.2, 0.25) is 5.02 Å². The van der Waals surface area contributed by atoms with Crippen LogP contribution in [-0.4, -0.2) is 28.0 Å². The second-order valence-corrected chi connectivity index (χ2v) is 8.23. The van der Waals surface area contributed by atoms with Crippen molar-refractivity contribution in [3.8, 4) is 0 Å². The third-order valence-corrected chi connectivity index (χ3v) is 6.24. The van der Waals surface area contributed by atoms with E-state index in [-0.39, 0.29) is 18.4 Å². The molecule has 1 aliphatic rings. The number of hydrogen-bond acceptors (Lipinski definition) is 5. The highest BCUT2D eigenvalue weighted by Gasteiger charge is 2.27. The summed E-state index contributed by atoms with van der Waals surface area (Å²) in [7, 11) is 0. The molecular formula is C20H20ClN3O3S. The van der Waals surface area contributed by atoms with Gasteiger partial charge in [0.1, 0.15) is 11.5 Å². The molecule has 0 radical (unpaired) electrons. The van der Waals surface area contributed by atoms with Crippen molar-refractivity contribution in [3.63, 3.8) is 0 Å². The van der Waals surface area contributed by atoms with Crippen molar-refractivity contribution in [3.05, 3.63) is 45.6 Å². The van der Waals surface area contributed by atoms with E-state index in [2.05, 4.69) is 10.3 Å². The summed E-state index contributed by atoms with van der Waals surface area (Å²) in [4.78, 5) is 30.7. The maximum atomic E-state index is 12.7. The number of amides is 1. The fourth-order valence-corrected chi connectivity index (χ4v) is 5.02. The van der Waals surface area contributed by atoms with Gasteiger partial charge in [-0.25, -0.2) is 9.78 Å². The lowest BCUT2D eigenvalue weighted by molar-refractivity contribution is -0.116. The Balaban J connectivity index is 1.58. The Morgan fingerprint density at radius 1 is 1.32 bits per heavy atom. The van der Waals surface area contributed by atoms with E-state index in [0.29, 0.717) is 22.2 Å². The van der Waals surface area contributed by atoms with Gasteiger partial charge in [-0.3, -0.25) is 4.79 Å². The molecule has 8 heteroatoms. The van der Waals surface area contributed by atoms with Crippen LogP contribution in [0.15, 0.2) is 24.5 Å². The first-order valence-electron chi connectivity index (χ1n) is 9.28. The van der Waals surface area contributed by atoms with Gasteiger partial charge in [-0.2, -0.15) is 0 Å². The zero-order valence-corrected chi connectivity index (χ0v) is 17.0. The number of thiophene rings is 1. The van der Waals surface area contributed by atoms with Gasteiger partial charge in [-0.15, -0.1) is 11.3 Å². The van der Waals surface area contributed by atoms with Gasteiger partial charge in [0, 0.05) is 9.90 Å². The molecule has 0 bridgehead atoms. The molecule has 3 aromatic rings. The number of anilines is 1. The minimum absolute atomic E-state index is 0.100. The maximum Gasteiger partial charge on any atom is 0.341 e. The van der Waals surface area contributed by atoms with Crippen molar-refractivity contribution < 1.29 is 14.3 Å². The molecule has 4 rings (SSSR count). The predicted octanol–water partition coefficient (Wildman–Crippen LogP) is 4.45. The van der Waals surface area contributed by atoms with Crippen molar-refractivity contribution in [1.82, 2.24) is 9.55 Å². The van der Waals surface area contributed by atoms with Crippen LogP contribution in [0.4, 0.5) is 5.00 Å². The Bertz CT molecular complexity index is 1060. The number of carbonyl (C=O) groups excluding carboxylic acids is 2. The molecule has 1 amide bonds. The zero-order valence-electron chi connectivity index (χ0n) is 15.5. The Morgan fingerprint density at radius 3 is 2.96 bits per heavy atom. The lowest BCUT2D eigenvalue weighted by atomic mass is 9.95. The fourth-order valence-electron chi connectivity index (χ4n) is 3.56. The summed E-state index contributed by atoms with van der Waals surface area (Å²) in [5, 5.41) is 4.11. The van der Waals surface area contributed by atoms with Crippen molar-refractivity contribution >= 4 is 50.8 Å². The molecule has 2 heterocycles. The second kappa shape index (κ2) is 7.93. The number of nitrogens with one attached hydrogen (secondary N) is 1. The predicted molar refractivity (Wildman–Crippen MR) is 110 cm³/mol. The van der Waals surface area contributed by atoms with Gasteiger partial charge >= 0.3 is 5.97 Å². The van der Waals surface area contributed by atoms with Crippen LogP contribution < -0.4 is 5.32 Å². The third kappa shape index (κ3) is 3.64. The van der Waals surface area contributed by atoms with Crippen molar-refractivity contribution in [1.29, 1.82) is 0 Å².